The first-order valence-electron chi connectivity index (χ1n) is 4.88. The van der Waals surface area contributed by atoms with Gasteiger partial charge >= 0.3 is 5.97 Å². The molecule has 0 aromatic carbocycles. The Labute approximate surface area is 112 Å². The standard InChI is InChI=1S/C11H13IO5/c1-6(13)11(16)4-3-7(5-8(14)15)9(12)10(11)17-2/h3-4,10,16H,5H2,1-2H3,(H,14,15). The molecule has 0 bridgehead atoms. The molecule has 0 spiro atoms. The lowest BCUT2D eigenvalue weighted by Crippen LogP contribution is -2.49. The molecule has 1 rings (SSSR count). The van der Waals surface area contributed by atoms with Gasteiger partial charge in [-0.15, -0.1) is 0 Å². The summed E-state index contributed by atoms with van der Waals surface area (Å²) in [6, 6.07) is 0. The van der Waals surface area contributed by atoms with Gasteiger partial charge < -0.3 is 14.9 Å². The summed E-state index contributed by atoms with van der Waals surface area (Å²) in [7, 11) is 1.37. The van der Waals surface area contributed by atoms with E-state index in [0.717, 1.165) is 0 Å². The third-order valence-electron chi connectivity index (χ3n) is 2.62. The first-order valence-corrected chi connectivity index (χ1v) is 5.96. The van der Waals surface area contributed by atoms with Gasteiger partial charge in [-0.05, 0) is 41.2 Å². The number of carboxylic acid groups (broad SMARTS) is 1. The van der Waals surface area contributed by atoms with Crippen molar-refractivity contribution in [2.45, 2.75) is 25.0 Å². The Morgan fingerprint density at radius 2 is 2.18 bits per heavy atom. The summed E-state index contributed by atoms with van der Waals surface area (Å²) in [5.74, 6) is -1.41. The Kier molecular flexibility index (Phi) is 4.45. The van der Waals surface area contributed by atoms with Crippen molar-refractivity contribution in [2.75, 3.05) is 7.11 Å². The van der Waals surface area contributed by atoms with Crippen molar-refractivity contribution < 1.29 is 24.5 Å². The zero-order chi connectivity index (χ0) is 13.2. The molecule has 0 amide bonds. The summed E-state index contributed by atoms with van der Waals surface area (Å²) >= 11 is 1.90. The van der Waals surface area contributed by atoms with Gasteiger partial charge in [-0.1, -0.05) is 6.08 Å². The monoisotopic (exact) mass is 352 g/mol. The minimum atomic E-state index is -1.72. The van der Waals surface area contributed by atoms with Crippen LogP contribution in [-0.2, 0) is 14.3 Å². The molecule has 0 fully saturated rings. The highest BCUT2D eigenvalue weighted by Gasteiger charge is 2.44. The molecule has 0 aromatic rings. The number of Topliss-reactive ketones (excluding diaryl/α,β-unsaturated/α-hetero) is 1. The highest BCUT2D eigenvalue weighted by Crippen LogP contribution is 2.35. The van der Waals surface area contributed by atoms with Crippen LogP contribution in [0.2, 0.25) is 0 Å². The zero-order valence-electron chi connectivity index (χ0n) is 9.44. The second kappa shape index (κ2) is 5.28. The third-order valence-corrected chi connectivity index (χ3v) is 3.88. The summed E-state index contributed by atoms with van der Waals surface area (Å²) < 4.78 is 5.65. The SMILES string of the molecule is COC1C(I)=C(CC(=O)O)C=CC1(O)C(C)=O. The van der Waals surface area contributed by atoms with Crippen molar-refractivity contribution in [1.82, 2.24) is 0 Å². The summed E-state index contributed by atoms with van der Waals surface area (Å²) in [4.78, 5) is 22.1. The van der Waals surface area contributed by atoms with Crippen LogP contribution in [0.3, 0.4) is 0 Å². The van der Waals surface area contributed by atoms with E-state index in [1.54, 1.807) is 0 Å². The number of halogens is 1. The Bertz CT molecular complexity index is 412. The molecule has 0 radical (unpaired) electrons. The normalized spacial score (nSPS) is 28.4. The van der Waals surface area contributed by atoms with Gasteiger partial charge in [0.1, 0.15) is 6.10 Å². The molecule has 0 aromatic heterocycles. The number of methoxy groups -OCH3 is 1. The quantitative estimate of drug-likeness (QED) is 0.740. The minimum absolute atomic E-state index is 0.164. The molecule has 0 saturated carbocycles. The number of rotatable bonds is 4. The molecule has 2 N–H and O–H groups in total. The van der Waals surface area contributed by atoms with E-state index in [1.807, 2.05) is 22.6 Å². The van der Waals surface area contributed by atoms with Crippen molar-refractivity contribution in [3.8, 4) is 0 Å². The van der Waals surface area contributed by atoms with Crippen LogP contribution in [0.15, 0.2) is 21.3 Å². The molecular formula is C11H13IO5. The Balaban J connectivity index is 3.14. The predicted octanol–water partition coefficient (Wildman–Crippen LogP) is 1.06. The molecule has 1 aliphatic rings. The van der Waals surface area contributed by atoms with E-state index in [0.29, 0.717) is 9.15 Å². The van der Waals surface area contributed by atoms with Crippen LogP contribution in [0, 0.1) is 0 Å². The number of ketones is 1. The highest BCUT2D eigenvalue weighted by atomic mass is 127. The van der Waals surface area contributed by atoms with Crippen LogP contribution < -0.4 is 0 Å². The van der Waals surface area contributed by atoms with Crippen molar-refractivity contribution in [3.05, 3.63) is 21.3 Å². The highest BCUT2D eigenvalue weighted by molar-refractivity contribution is 14.1. The van der Waals surface area contributed by atoms with Crippen LogP contribution in [-0.4, -0.2) is 40.8 Å². The lowest BCUT2D eigenvalue weighted by molar-refractivity contribution is -0.139. The van der Waals surface area contributed by atoms with E-state index in [1.165, 1.54) is 26.2 Å². The molecule has 0 saturated heterocycles. The molecule has 17 heavy (non-hydrogen) atoms. The second-order valence-corrected chi connectivity index (χ2v) is 4.94. The van der Waals surface area contributed by atoms with Crippen molar-refractivity contribution in [3.63, 3.8) is 0 Å². The average molecular weight is 352 g/mol. The molecule has 5 nitrogen and oxygen atoms in total. The lowest BCUT2D eigenvalue weighted by atomic mass is 9.85. The zero-order valence-corrected chi connectivity index (χ0v) is 11.6. The predicted molar refractivity (Wildman–Crippen MR) is 68.9 cm³/mol. The van der Waals surface area contributed by atoms with Gasteiger partial charge in [0, 0.05) is 10.7 Å². The number of aliphatic carboxylic acids is 1. The van der Waals surface area contributed by atoms with Gasteiger partial charge in [0.05, 0.1) is 6.42 Å². The van der Waals surface area contributed by atoms with Crippen LogP contribution in [0.1, 0.15) is 13.3 Å². The Hall–Kier alpha value is -0.730. The van der Waals surface area contributed by atoms with Gasteiger partial charge in [0.15, 0.2) is 11.4 Å². The summed E-state index contributed by atoms with van der Waals surface area (Å²) in [5.41, 5.74) is -1.18. The summed E-state index contributed by atoms with van der Waals surface area (Å²) in [5, 5.41) is 18.9. The summed E-state index contributed by atoms with van der Waals surface area (Å²) in [6.45, 7) is 1.27. The van der Waals surface area contributed by atoms with Gasteiger partial charge in [-0.25, -0.2) is 0 Å². The third kappa shape index (κ3) is 2.75. The Morgan fingerprint density at radius 3 is 2.59 bits per heavy atom. The number of hydrogen-bond donors (Lipinski definition) is 2. The van der Waals surface area contributed by atoms with Crippen LogP contribution in [0.5, 0.6) is 0 Å². The maximum absolute atomic E-state index is 11.4. The van der Waals surface area contributed by atoms with E-state index in [2.05, 4.69) is 0 Å². The van der Waals surface area contributed by atoms with E-state index >= 15 is 0 Å². The number of carboxylic acids is 1. The van der Waals surface area contributed by atoms with E-state index in [4.69, 9.17) is 9.84 Å². The van der Waals surface area contributed by atoms with Crippen LogP contribution >= 0.6 is 22.6 Å². The minimum Gasteiger partial charge on any atom is -0.481 e. The molecule has 6 heteroatoms. The molecule has 0 heterocycles. The Morgan fingerprint density at radius 1 is 1.59 bits per heavy atom. The number of aliphatic hydroxyl groups is 1. The molecular weight excluding hydrogens is 339 g/mol. The van der Waals surface area contributed by atoms with Gasteiger partial charge in [-0.2, -0.15) is 0 Å². The first kappa shape index (κ1) is 14.3. The topological polar surface area (TPSA) is 83.8 Å². The van der Waals surface area contributed by atoms with Crippen molar-refractivity contribution in [2.24, 2.45) is 0 Å². The number of carbonyl (C=O) groups excluding carboxylic acids is 1. The molecule has 94 valence electrons. The van der Waals surface area contributed by atoms with Crippen molar-refractivity contribution >= 4 is 34.3 Å². The molecule has 1 aliphatic carbocycles. The first-order chi connectivity index (χ1) is 7.82. The second-order valence-electron chi connectivity index (χ2n) is 3.77. The van der Waals surface area contributed by atoms with Gasteiger partial charge in [0.25, 0.3) is 0 Å². The van der Waals surface area contributed by atoms with Crippen molar-refractivity contribution in [1.29, 1.82) is 0 Å². The maximum atomic E-state index is 11.4. The number of allylic oxidation sites excluding steroid dienone is 1. The van der Waals surface area contributed by atoms with E-state index in [-0.39, 0.29) is 6.42 Å². The van der Waals surface area contributed by atoms with Crippen LogP contribution in [0.4, 0.5) is 0 Å². The smallest absolute Gasteiger partial charge is 0.307 e. The summed E-state index contributed by atoms with van der Waals surface area (Å²) in [6.07, 6.45) is 1.75. The van der Waals surface area contributed by atoms with Gasteiger partial charge in [0.2, 0.25) is 0 Å². The molecule has 0 aliphatic heterocycles. The fourth-order valence-electron chi connectivity index (χ4n) is 1.65. The largest absolute Gasteiger partial charge is 0.481 e. The van der Waals surface area contributed by atoms with Gasteiger partial charge in [-0.3, -0.25) is 9.59 Å². The number of ether oxygens (including phenoxy) is 1. The lowest BCUT2D eigenvalue weighted by Gasteiger charge is -2.34. The van der Waals surface area contributed by atoms with E-state index in [9.17, 15) is 14.7 Å². The fraction of sp³-hybridized carbons (Fsp3) is 0.455. The molecule has 2 unspecified atom stereocenters. The fourth-order valence-corrected chi connectivity index (χ4v) is 2.75. The number of carbonyl (C=O) groups is 2. The number of hydrogen-bond acceptors (Lipinski definition) is 4. The average Bonchev–Trinajstić information content (AvgIpc) is 2.22. The van der Waals surface area contributed by atoms with Crippen LogP contribution in [0.25, 0.3) is 0 Å². The molecule has 2 atom stereocenters. The van der Waals surface area contributed by atoms with E-state index < -0.39 is 23.5 Å². The maximum Gasteiger partial charge on any atom is 0.307 e.